The van der Waals surface area contributed by atoms with Gasteiger partial charge in [-0.25, -0.2) is 0 Å². The SMILES string of the molecule is Cc1ccc(S(=O)(=O)O)cc1.Cc1ccccc1-c1ccc(I)cc1. The van der Waals surface area contributed by atoms with E-state index in [0.29, 0.717) is 0 Å². The van der Waals surface area contributed by atoms with Crippen molar-refractivity contribution in [3.8, 4) is 11.1 Å². The Bertz CT molecular complexity index is 931. The third-order valence-corrected chi connectivity index (χ3v) is 5.21. The number of rotatable bonds is 2. The molecule has 0 aliphatic heterocycles. The smallest absolute Gasteiger partial charge is 0.282 e. The van der Waals surface area contributed by atoms with Crippen molar-refractivity contribution in [1.82, 2.24) is 0 Å². The lowest BCUT2D eigenvalue weighted by Crippen LogP contribution is -1.96. The van der Waals surface area contributed by atoms with Crippen molar-refractivity contribution < 1.29 is 13.0 Å². The third kappa shape index (κ3) is 5.95. The summed E-state index contributed by atoms with van der Waals surface area (Å²) < 4.78 is 30.8. The number of halogens is 1. The van der Waals surface area contributed by atoms with Gasteiger partial charge >= 0.3 is 0 Å². The van der Waals surface area contributed by atoms with E-state index < -0.39 is 10.1 Å². The van der Waals surface area contributed by atoms with Crippen LogP contribution in [0.15, 0.2) is 77.7 Å². The molecule has 0 atom stereocenters. The molecule has 0 amide bonds. The molecule has 130 valence electrons. The fourth-order valence-electron chi connectivity index (χ4n) is 2.24. The summed E-state index contributed by atoms with van der Waals surface area (Å²) in [5.41, 5.74) is 4.90. The average molecular weight is 466 g/mol. The van der Waals surface area contributed by atoms with Gasteiger partial charge in [0.05, 0.1) is 4.90 Å². The third-order valence-electron chi connectivity index (χ3n) is 3.62. The molecule has 3 rings (SSSR count). The summed E-state index contributed by atoms with van der Waals surface area (Å²) in [6.45, 7) is 3.99. The quantitative estimate of drug-likeness (QED) is 0.401. The molecule has 0 aromatic heterocycles. The van der Waals surface area contributed by atoms with Crippen LogP contribution in [0.4, 0.5) is 0 Å². The Hall–Kier alpha value is -1.70. The zero-order chi connectivity index (χ0) is 18.4. The van der Waals surface area contributed by atoms with E-state index in [2.05, 4.69) is 78.0 Å². The number of hydrogen-bond acceptors (Lipinski definition) is 2. The van der Waals surface area contributed by atoms with Crippen molar-refractivity contribution in [2.24, 2.45) is 0 Å². The van der Waals surface area contributed by atoms with Crippen molar-refractivity contribution in [1.29, 1.82) is 0 Å². The highest BCUT2D eigenvalue weighted by Gasteiger charge is 2.06. The number of benzene rings is 3. The zero-order valence-electron chi connectivity index (χ0n) is 14.0. The van der Waals surface area contributed by atoms with Gasteiger partial charge in [-0.15, -0.1) is 0 Å². The lowest BCUT2D eigenvalue weighted by atomic mass is 10.0. The predicted octanol–water partition coefficient (Wildman–Crippen LogP) is 5.51. The lowest BCUT2D eigenvalue weighted by Gasteiger charge is -2.05. The molecule has 0 saturated heterocycles. The van der Waals surface area contributed by atoms with E-state index in [1.807, 2.05) is 6.92 Å². The molecule has 3 aromatic rings. The van der Waals surface area contributed by atoms with Gasteiger partial charge in [0.25, 0.3) is 10.1 Å². The summed E-state index contributed by atoms with van der Waals surface area (Å²) >= 11 is 2.32. The van der Waals surface area contributed by atoms with E-state index >= 15 is 0 Å². The van der Waals surface area contributed by atoms with Crippen LogP contribution in [0.3, 0.4) is 0 Å². The molecule has 0 heterocycles. The zero-order valence-corrected chi connectivity index (χ0v) is 17.0. The van der Waals surface area contributed by atoms with E-state index in [9.17, 15) is 8.42 Å². The minimum absolute atomic E-state index is 0.0666. The van der Waals surface area contributed by atoms with Crippen LogP contribution >= 0.6 is 22.6 Å². The second kappa shape index (κ2) is 8.60. The van der Waals surface area contributed by atoms with Crippen LogP contribution in [0.1, 0.15) is 11.1 Å². The van der Waals surface area contributed by atoms with Crippen LogP contribution in [-0.2, 0) is 10.1 Å². The molecule has 0 saturated carbocycles. The summed E-state index contributed by atoms with van der Waals surface area (Å²) in [6.07, 6.45) is 0. The Kier molecular flexibility index (Phi) is 6.75. The Morgan fingerprint density at radius 1 is 0.800 bits per heavy atom. The molecule has 3 nitrogen and oxygen atoms in total. The Morgan fingerprint density at radius 2 is 1.36 bits per heavy atom. The minimum atomic E-state index is -4.02. The van der Waals surface area contributed by atoms with Crippen molar-refractivity contribution in [2.75, 3.05) is 0 Å². The van der Waals surface area contributed by atoms with E-state index in [4.69, 9.17) is 4.55 Å². The van der Waals surface area contributed by atoms with Gasteiger partial charge in [-0.2, -0.15) is 8.42 Å². The van der Waals surface area contributed by atoms with Crippen molar-refractivity contribution in [2.45, 2.75) is 18.7 Å². The molecule has 0 bridgehead atoms. The van der Waals surface area contributed by atoms with Gasteiger partial charge < -0.3 is 0 Å². The Balaban J connectivity index is 0.000000186. The lowest BCUT2D eigenvalue weighted by molar-refractivity contribution is 0.483. The fraction of sp³-hybridized carbons (Fsp3) is 0.100. The molecule has 0 fully saturated rings. The van der Waals surface area contributed by atoms with Crippen molar-refractivity contribution in [3.05, 3.63) is 87.5 Å². The van der Waals surface area contributed by atoms with Gasteiger partial charge in [0.1, 0.15) is 0 Å². The minimum Gasteiger partial charge on any atom is -0.282 e. The number of hydrogen-bond donors (Lipinski definition) is 1. The second-order valence-electron chi connectivity index (χ2n) is 5.61. The summed E-state index contributed by atoms with van der Waals surface area (Å²) in [5, 5.41) is 0. The molecule has 0 spiro atoms. The molecule has 0 radical (unpaired) electrons. The largest absolute Gasteiger partial charge is 0.294 e. The molecule has 0 aliphatic carbocycles. The molecule has 25 heavy (non-hydrogen) atoms. The molecule has 5 heteroatoms. The van der Waals surface area contributed by atoms with E-state index in [-0.39, 0.29) is 4.90 Å². The first-order chi connectivity index (χ1) is 11.8. The van der Waals surface area contributed by atoms with Gasteiger partial charge in [0.2, 0.25) is 0 Å². The van der Waals surface area contributed by atoms with Gasteiger partial charge in [-0.1, -0.05) is 54.1 Å². The summed E-state index contributed by atoms with van der Waals surface area (Å²) in [5.74, 6) is 0. The van der Waals surface area contributed by atoms with Crippen LogP contribution < -0.4 is 0 Å². The molecule has 1 N–H and O–H groups in total. The van der Waals surface area contributed by atoms with Crippen LogP contribution in [0.2, 0.25) is 0 Å². The average Bonchev–Trinajstić information content (AvgIpc) is 2.56. The first kappa shape index (κ1) is 19.6. The standard InChI is InChI=1S/C13H11I.C7H8O3S/c1-10-4-2-3-5-13(10)11-6-8-12(14)9-7-11;1-6-2-4-7(5-3-6)11(8,9)10/h2-9H,1H3;2-5H,1H3,(H,8,9,10). The normalized spacial score (nSPS) is 10.7. The highest BCUT2D eigenvalue weighted by Crippen LogP contribution is 2.23. The van der Waals surface area contributed by atoms with Crippen molar-refractivity contribution >= 4 is 32.7 Å². The van der Waals surface area contributed by atoms with Crippen LogP contribution in [0.25, 0.3) is 11.1 Å². The molecular weight excluding hydrogens is 447 g/mol. The van der Waals surface area contributed by atoms with E-state index in [0.717, 1.165) is 5.56 Å². The van der Waals surface area contributed by atoms with Crippen LogP contribution in [0.5, 0.6) is 0 Å². The fourth-order valence-corrected chi connectivity index (χ4v) is 3.08. The highest BCUT2D eigenvalue weighted by molar-refractivity contribution is 14.1. The molecule has 0 unspecified atom stereocenters. The van der Waals surface area contributed by atoms with Gasteiger partial charge in [0, 0.05) is 3.57 Å². The second-order valence-corrected chi connectivity index (χ2v) is 8.28. The predicted molar refractivity (Wildman–Crippen MR) is 110 cm³/mol. The maximum Gasteiger partial charge on any atom is 0.294 e. The Labute approximate surface area is 162 Å². The van der Waals surface area contributed by atoms with Gasteiger partial charge in [0.15, 0.2) is 0 Å². The van der Waals surface area contributed by atoms with Gasteiger partial charge in [-0.3, -0.25) is 4.55 Å². The maximum atomic E-state index is 10.5. The summed E-state index contributed by atoms with van der Waals surface area (Å²) in [7, 11) is -4.02. The first-order valence-electron chi connectivity index (χ1n) is 7.63. The highest BCUT2D eigenvalue weighted by atomic mass is 127. The molecule has 0 aliphatic rings. The molecule has 3 aromatic carbocycles. The summed E-state index contributed by atoms with van der Waals surface area (Å²) in [6, 6.07) is 23.1. The maximum absolute atomic E-state index is 10.5. The Morgan fingerprint density at radius 3 is 1.88 bits per heavy atom. The van der Waals surface area contributed by atoms with Gasteiger partial charge in [-0.05, 0) is 77.4 Å². The van der Waals surface area contributed by atoms with E-state index in [1.165, 1.54) is 32.4 Å². The van der Waals surface area contributed by atoms with E-state index in [1.54, 1.807) is 12.1 Å². The topological polar surface area (TPSA) is 54.4 Å². The van der Waals surface area contributed by atoms with Crippen LogP contribution in [-0.4, -0.2) is 13.0 Å². The summed E-state index contributed by atoms with van der Waals surface area (Å²) in [4.78, 5) is -0.0666. The number of aryl methyl sites for hydroxylation is 2. The van der Waals surface area contributed by atoms with Crippen molar-refractivity contribution in [3.63, 3.8) is 0 Å². The first-order valence-corrected chi connectivity index (χ1v) is 10.1. The molecular formula is C20H19IO3S. The monoisotopic (exact) mass is 466 g/mol. The van der Waals surface area contributed by atoms with Crippen LogP contribution in [0, 0.1) is 17.4 Å².